The van der Waals surface area contributed by atoms with Gasteiger partial charge in [0.05, 0.1) is 25.1 Å². The molecular formula is C13H14ClN3O2S. The smallest absolute Gasteiger partial charge is 0.326 e. The monoisotopic (exact) mass is 311 g/mol. The van der Waals surface area contributed by atoms with E-state index in [4.69, 9.17) is 11.6 Å². The molecule has 2 rings (SSSR count). The van der Waals surface area contributed by atoms with Gasteiger partial charge < -0.3 is 5.32 Å². The molecule has 0 saturated heterocycles. The predicted molar refractivity (Wildman–Crippen MR) is 82.5 cm³/mol. The van der Waals surface area contributed by atoms with Crippen molar-refractivity contribution in [2.75, 3.05) is 6.54 Å². The molecule has 0 aliphatic rings. The van der Waals surface area contributed by atoms with Gasteiger partial charge in [0.1, 0.15) is 0 Å². The number of aromatic nitrogens is 1. The van der Waals surface area contributed by atoms with Crippen molar-refractivity contribution in [2.24, 2.45) is 0 Å². The number of hydrogen-bond donors (Lipinski definition) is 2. The minimum Gasteiger partial charge on any atom is -0.338 e. The normalized spacial score (nSPS) is 13.7. The summed E-state index contributed by atoms with van der Waals surface area (Å²) in [6.07, 6.45) is 1.60. The van der Waals surface area contributed by atoms with Crippen LogP contribution in [0.15, 0.2) is 35.4 Å². The highest BCUT2D eigenvalue weighted by atomic mass is 35.5. The molecule has 0 saturated carbocycles. The first-order chi connectivity index (χ1) is 9.44. The zero-order chi connectivity index (χ0) is 14.8. The van der Waals surface area contributed by atoms with Crippen LogP contribution in [0.5, 0.6) is 0 Å². The lowest BCUT2D eigenvalue weighted by Crippen LogP contribution is -2.39. The average Bonchev–Trinajstić information content (AvgIpc) is 2.38. The largest absolute Gasteiger partial charge is 0.338 e. The molecule has 0 radical (unpaired) electrons. The molecule has 1 aromatic heterocycles. The maximum Gasteiger partial charge on any atom is 0.326 e. The lowest BCUT2D eigenvalue weighted by molar-refractivity contribution is 0.246. The summed E-state index contributed by atoms with van der Waals surface area (Å²) in [4.78, 5) is 16.0. The molecule has 7 heteroatoms. The van der Waals surface area contributed by atoms with Crippen molar-refractivity contribution in [3.63, 3.8) is 0 Å². The summed E-state index contributed by atoms with van der Waals surface area (Å²) in [5, 5.41) is 3.68. The molecule has 1 unspecified atom stereocenters. The lowest BCUT2D eigenvalue weighted by Gasteiger charge is -2.12. The van der Waals surface area contributed by atoms with Crippen LogP contribution in [0.4, 0.5) is 4.79 Å². The van der Waals surface area contributed by atoms with E-state index in [1.807, 2.05) is 0 Å². The molecule has 0 aliphatic carbocycles. The average molecular weight is 312 g/mol. The van der Waals surface area contributed by atoms with Crippen molar-refractivity contribution >= 4 is 44.1 Å². The first-order valence-corrected chi connectivity index (χ1v) is 8.01. The third kappa shape index (κ3) is 3.02. The highest BCUT2D eigenvalue weighted by Gasteiger charge is 2.12. The number of carbonyl (C=O) groups is 1. The first kappa shape index (κ1) is 14.6. The number of halogens is 1. The van der Waals surface area contributed by atoms with Crippen LogP contribution in [-0.2, 0) is 9.71 Å². The van der Waals surface area contributed by atoms with Gasteiger partial charge in [0.2, 0.25) is 0 Å². The number of benzene rings is 1. The molecule has 1 heterocycles. The van der Waals surface area contributed by atoms with Crippen molar-refractivity contribution in [3.05, 3.63) is 35.5 Å². The van der Waals surface area contributed by atoms with E-state index < -0.39 is 15.7 Å². The fraction of sp³-hybridized carbons (Fsp3) is 0.154. The van der Waals surface area contributed by atoms with Gasteiger partial charge in [0, 0.05) is 18.1 Å². The Balaban J connectivity index is 2.42. The highest BCUT2D eigenvalue weighted by Crippen LogP contribution is 2.24. The molecule has 0 aliphatic heterocycles. The number of rotatable bonds is 3. The van der Waals surface area contributed by atoms with Crippen molar-refractivity contribution in [3.8, 4) is 0 Å². The van der Waals surface area contributed by atoms with Crippen LogP contribution in [0.2, 0.25) is 5.02 Å². The second-order valence-electron chi connectivity index (χ2n) is 4.11. The SMILES string of the molecule is C=S(=O)(NC(=O)NCC)c1ccc2nccc(Cl)c2c1. The number of carbonyl (C=O) groups excluding carboxylic acids is 1. The number of pyridine rings is 1. The molecule has 1 atom stereocenters. The minimum atomic E-state index is -2.94. The number of urea groups is 1. The van der Waals surface area contributed by atoms with Crippen LogP contribution in [0.3, 0.4) is 0 Å². The topological polar surface area (TPSA) is 71.1 Å². The van der Waals surface area contributed by atoms with Crippen LogP contribution in [-0.4, -0.2) is 27.6 Å². The molecule has 20 heavy (non-hydrogen) atoms. The lowest BCUT2D eigenvalue weighted by atomic mass is 10.2. The fourth-order valence-corrected chi connectivity index (χ4v) is 3.00. The van der Waals surface area contributed by atoms with E-state index in [0.29, 0.717) is 27.4 Å². The molecular weight excluding hydrogens is 298 g/mol. The van der Waals surface area contributed by atoms with E-state index in [1.165, 1.54) is 0 Å². The Morgan fingerprint density at radius 1 is 1.45 bits per heavy atom. The van der Waals surface area contributed by atoms with Crippen LogP contribution >= 0.6 is 11.6 Å². The molecule has 0 bridgehead atoms. The number of fused-ring (bicyclic) bond motifs is 1. The zero-order valence-corrected chi connectivity index (χ0v) is 12.4. The van der Waals surface area contributed by atoms with E-state index in [1.54, 1.807) is 37.4 Å². The second-order valence-corrected chi connectivity index (χ2v) is 6.54. The Hall–Kier alpha value is -1.79. The molecule has 0 fully saturated rings. The Morgan fingerprint density at radius 3 is 2.90 bits per heavy atom. The summed E-state index contributed by atoms with van der Waals surface area (Å²) in [5.41, 5.74) is 0.689. The van der Waals surface area contributed by atoms with E-state index in [2.05, 4.69) is 20.9 Å². The maximum atomic E-state index is 12.5. The van der Waals surface area contributed by atoms with Gasteiger partial charge in [-0.3, -0.25) is 9.71 Å². The summed E-state index contributed by atoms with van der Waals surface area (Å²) in [5.74, 6) is 3.59. The Labute approximate surface area is 122 Å². The number of nitrogens with one attached hydrogen (secondary N) is 2. The van der Waals surface area contributed by atoms with Crippen molar-refractivity contribution in [1.82, 2.24) is 15.0 Å². The van der Waals surface area contributed by atoms with Crippen LogP contribution in [0.25, 0.3) is 10.9 Å². The van der Waals surface area contributed by atoms with Gasteiger partial charge in [-0.25, -0.2) is 9.00 Å². The highest BCUT2D eigenvalue weighted by molar-refractivity contribution is 7.99. The number of amides is 2. The number of hydrogen-bond acceptors (Lipinski definition) is 3. The third-order valence-electron chi connectivity index (χ3n) is 2.64. The molecule has 2 aromatic rings. The van der Waals surface area contributed by atoms with Gasteiger partial charge in [0.25, 0.3) is 0 Å². The van der Waals surface area contributed by atoms with Crippen LogP contribution in [0.1, 0.15) is 6.92 Å². The molecule has 0 spiro atoms. The Kier molecular flexibility index (Phi) is 4.15. The van der Waals surface area contributed by atoms with Crippen LogP contribution < -0.4 is 10.0 Å². The van der Waals surface area contributed by atoms with Gasteiger partial charge in [-0.1, -0.05) is 11.6 Å². The van der Waals surface area contributed by atoms with Crippen LogP contribution in [0, 0.1) is 0 Å². The van der Waals surface area contributed by atoms with Crippen molar-refractivity contribution < 1.29 is 9.00 Å². The Morgan fingerprint density at radius 2 is 2.20 bits per heavy atom. The first-order valence-electron chi connectivity index (χ1n) is 5.91. The molecule has 2 N–H and O–H groups in total. The number of nitrogens with zero attached hydrogens (tertiary/aromatic N) is 1. The van der Waals surface area contributed by atoms with Gasteiger partial charge in [-0.2, -0.15) is 0 Å². The van der Waals surface area contributed by atoms with Gasteiger partial charge in [-0.15, -0.1) is 0 Å². The molecule has 5 nitrogen and oxygen atoms in total. The fourth-order valence-electron chi connectivity index (χ4n) is 1.70. The van der Waals surface area contributed by atoms with E-state index in [0.717, 1.165) is 0 Å². The van der Waals surface area contributed by atoms with Crippen molar-refractivity contribution in [2.45, 2.75) is 11.8 Å². The van der Waals surface area contributed by atoms with Gasteiger partial charge >= 0.3 is 6.03 Å². The summed E-state index contributed by atoms with van der Waals surface area (Å²) in [7, 11) is -2.94. The third-order valence-corrected chi connectivity index (χ3v) is 4.50. The summed E-state index contributed by atoms with van der Waals surface area (Å²) < 4.78 is 14.8. The van der Waals surface area contributed by atoms with Crippen molar-refractivity contribution in [1.29, 1.82) is 0 Å². The van der Waals surface area contributed by atoms with E-state index >= 15 is 0 Å². The predicted octanol–water partition coefficient (Wildman–Crippen LogP) is 2.20. The minimum absolute atomic E-state index is 0.395. The maximum absolute atomic E-state index is 12.5. The van der Waals surface area contributed by atoms with E-state index in [9.17, 15) is 9.00 Å². The molecule has 106 valence electrons. The second kappa shape index (κ2) is 5.68. The summed E-state index contributed by atoms with van der Waals surface area (Å²) in [6, 6.07) is 6.07. The quantitative estimate of drug-likeness (QED) is 0.854. The zero-order valence-electron chi connectivity index (χ0n) is 10.9. The van der Waals surface area contributed by atoms with Gasteiger partial charge in [0.15, 0.2) is 0 Å². The van der Waals surface area contributed by atoms with E-state index in [-0.39, 0.29) is 0 Å². The molecule has 1 aromatic carbocycles. The summed E-state index contributed by atoms with van der Waals surface area (Å²) >= 11 is 6.08. The standard InChI is InChI=1S/C13H14ClN3O2S/c1-3-15-13(18)17-20(2,19)9-4-5-12-10(8-9)11(14)6-7-16-12/h4-8H,2-3H2,1H3,(H2,15,17,18,19). The van der Waals surface area contributed by atoms with Gasteiger partial charge in [-0.05, 0) is 37.1 Å². The Bertz CT molecular complexity index is 759. The molecule has 2 amide bonds. The summed E-state index contributed by atoms with van der Waals surface area (Å²) in [6.45, 7) is 2.21.